The van der Waals surface area contributed by atoms with Gasteiger partial charge < -0.3 is 15.1 Å². The van der Waals surface area contributed by atoms with Gasteiger partial charge in [0, 0.05) is 42.4 Å². The van der Waals surface area contributed by atoms with Crippen LogP contribution in [0.2, 0.25) is 0 Å². The van der Waals surface area contributed by atoms with Crippen molar-refractivity contribution < 1.29 is 9.59 Å². The highest BCUT2D eigenvalue weighted by atomic mass is 32.2. The minimum Gasteiger partial charge on any atom is -0.372 e. The number of hydrogen-bond acceptors (Lipinski definition) is 4. The Kier molecular flexibility index (Phi) is 7.17. The molecule has 2 heterocycles. The third-order valence-corrected chi connectivity index (χ3v) is 7.27. The third kappa shape index (κ3) is 5.62. The normalized spacial score (nSPS) is 17.1. The zero-order valence-electron chi connectivity index (χ0n) is 18.2. The summed E-state index contributed by atoms with van der Waals surface area (Å²) in [5.74, 6) is 1.18. The average Bonchev–Trinajstić information content (AvgIpc) is 3.34. The largest absolute Gasteiger partial charge is 0.372 e. The molecule has 0 spiro atoms. The number of amides is 2. The van der Waals surface area contributed by atoms with Gasteiger partial charge in [0.05, 0.1) is 11.3 Å². The predicted molar refractivity (Wildman–Crippen MR) is 128 cm³/mol. The van der Waals surface area contributed by atoms with E-state index in [2.05, 4.69) is 29.3 Å². The molecule has 0 radical (unpaired) electrons. The van der Waals surface area contributed by atoms with Gasteiger partial charge in [-0.2, -0.15) is 0 Å². The number of carbonyl (C=O) groups excluding carboxylic acids is 2. The Morgan fingerprint density at radius 2 is 1.65 bits per heavy atom. The van der Waals surface area contributed by atoms with Gasteiger partial charge in [-0.3, -0.25) is 9.59 Å². The number of likely N-dealkylation sites (tertiary alicyclic amines) is 1. The fourth-order valence-corrected chi connectivity index (χ4v) is 5.15. The summed E-state index contributed by atoms with van der Waals surface area (Å²) >= 11 is 1.44. The van der Waals surface area contributed by atoms with Gasteiger partial charge in [-0.25, -0.2) is 0 Å². The number of carbonyl (C=O) groups is 2. The Labute approximate surface area is 189 Å². The highest BCUT2D eigenvalue weighted by molar-refractivity contribution is 8.00. The summed E-state index contributed by atoms with van der Waals surface area (Å²) in [6, 6.07) is 15.6. The van der Waals surface area contributed by atoms with Crippen molar-refractivity contribution in [3.8, 4) is 0 Å². The lowest BCUT2D eigenvalue weighted by molar-refractivity contribution is -0.127. The Balaban J connectivity index is 1.36. The summed E-state index contributed by atoms with van der Waals surface area (Å²) in [7, 11) is 0. The van der Waals surface area contributed by atoms with Crippen molar-refractivity contribution in [3.63, 3.8) is 0 Å². The molecule has 0 aliphatic carbocycles. The van der Waals surface area contributed by atoms with E-state index >= 15 is 0 Å². The number of piperidine rings is 1. The molecule has 0 saturated carbocycles. The lowest BCUT2D eigenvalue weighted by Gasteiger charge is -2.32. The minimum absolute atomic E-state index is 0.142. The number of thioether (sulfide) groups is 1. The molecular weight excluding hydrogens is 406 g/mol. The zero-order chi connectivity index (χ0) is 21.6. The number of anilines is 2. The molecule has 0 atom stereocenters. The van der Waals surface area contributed by atoms with E-state index in [0.29, 0.717) is 11.3 Å². The highest BCUT2D eigenvalue weighted by Gasteiger charge is 2.20. The average molecular weight is 438 g/mol. The first-order valence-electron chi connectivity index (χ1n) is 11.3. The number of hydrogen-bond donors (Lipinski definition) is 1. The summed E-state index contributed by atoms with van der Waals surface area (Å²) in [4.78, 5) is 30.5. The smallest absolute Gasteiger partial charge is 0.256 e. The van der Waals surface area contributed by atoms with Gasteiger partial charge in [0.2, 0.25) is 5.91 Å². The van der Waals surface area contributed by atoms with Crippen molar-refractivity contribution in [2.45, 2.75) is 37.5 Å². The van der Waals surface area contributed by atoms with E-state index < -0.39 is 0 Å². The van der Waals surface area contributed by atoms with Gasteiger partial charge in [-0.1, -0.05) is 19.1 Å². The molecule has 2 aliphatic heterocycles. The van der Waals surface area contributed by atoms with Crippen molar-refractivity contribution in [1.82, 2.24) is 4.90 Å². The van der Waals surface area contributed by atoms with Crippen LogP contribution in [0.4, 0.5) is 11.4 Å². The maximum absolute atomic E-state index is 12.9. The fourth-order valence-electron chi connectivity index (χ4n) is 4.20. The van der Waals surface area contributed by atoms with Crippen LogP contribution >= 0.6 is 11.8 Å². The standard InChI is InChI=1S/C25H31N3O2S/c1-19-12-16-27(17-13-19)21-10-8-20(9-11-21)26-25(30)22-6-2-3-7-23(22)31-18-24(29)28-14-4-5-15-28/h2-3,6-11,19H,4-5,12-18H2,1H3,(H,26,30). The third-order valence-electron chi connectivity index (χ3n) is 6.22. The lowest BCUT2D eigenvalue weighted by atomic mass is 9.99. The number of rotatable bonds is 6. The van der Waals surface area contributed by atoms with E-state index in [9.17, 15) is 9.59 Å². The summed E-state index contributed by atoms with van der Waals surface area (Å²) in [6.45, 7) is 6.21. The molecule has 2 aromatic rings. The van der Waals surface area contributed by atoms with Gasteiger partial charge in [0.15, 0.2) is 0 Å². The molecule has 164 valence electrons. The highest BCUT2D eigenvalue weighted by Crippen LogP contribution is 2.27. The molecule has 2 amide bonds. The SMILES string of the molecule is CC1CCN(c2ccc(NC(=O)c3ccccc3SCC(=O)N3CCCC3)cc2)CC1. The van der Waals surface area contributed by atoms with E-state index in [4.69, 9.17) is 0 Å². The van der Waals surface area contributed by atoms with Crippen LogP contribution in [0.3, 0.4) is 0 Å². The molecular formula is C25H31N3O2S. The molecule has 6 heteroatoms. The van der Waals surface area contributed by atoms with Crippen LogP contribution in [0.15, 0.2) is 53.4 Å². The van der Waals surface area contributed by atoms with Crippen LogP contribution in [0.1, 0.15) is 43.0 Å². The van der Waals surface area contributed by atoms with Crippen LogP contribution in [0.5, 0.6) is 0 Å². The second-order valence-electron chi connectivity index (χ2n) is 8.54. The first kappa shape index (κ1) is 21.8. The van der Waals surface area contributed by atoms with E-state index in [1.807, 2.05) is 41.3 Å². The topological polar surface area (TPSA) is 52.7 Å². The number of benzene rings is 2. The molecule has 2 aromatic carbocycles. The van der Waals surface area contributed by atoms with Crippen LogP contribution in [0, 0.1) is 5.92 Å². The first-order valence-corrected chi connectivity index (χ1v) is 12.2. The van der Waals surface area contributed by atoms with Gasteiger partial charge in [-0.05, 0) is 68.0 Å². The van der Waals surface area contributed by atoms with E-state index in [1.165, 1.54) is 30.3 Å². The molecule has 0 unspecified atom stereocenters. The zero-order valence-corrected chi connectivity index (χ0v) is 19.0. The fraction of sp³-hybridized carbons (Fsp3) is 0.440. The summed E-state index contributed by atoms with van der Waals surface area (Å²) in [5.41, 5.74) is 2.60. The second kappa shape index (κ2) is 10.2. The van der Waals surface area contributed by atoms with Crippen LogP contribution < -0.4 is 10.2 Å². The minimum atomic E-state index is -0.142. The molecule has 2 saturated heterocycles. The van der Waals surface area contributed by atoms with Crippen LogP contribution in [0.25, 0.3) is 0 Å². The van der Waals surface area contributed by atoms with Crippen LogP contribution in [-0.2, 0) is 4.79 Å². The van der Waals surface area contributed by atoms with Gasteiger partial charge in [0.1, 0.15) is 0 Å². The first-order chi connectivity index (χ1) is 15.1. The molecule has 2 fully saturated rings. The van der Waals surface area contributed by atoms with E-state index in [-0.39, 0.29) is 11.8 Å². The summed E-state index contributed by atoms with van der Waals surface area (Å²) in [6.07, 6.45) is 4.64. The summed E-state index contributed by atoms with van der Waals surface area (Å²) < 4.78 is 0. The molecule has 31 heavy (non-hydrogen) atoms. The van der Waals surface area contributed by atoms with E-state index in [1.54, 1.807) is 0 Å². The quantitative estimate of drug-likeness (QED) is 0.654. The molecule has 0 bridgehead atoms. The Hall–Kier alpha value is -2.47. The van der Waals surface area contributed by atoms with Crippen LogP contribution in [-0.4, -0.2) is 48.6 Å². The number of nitrogens with zero attached hydrogens (tertiary/aromatic N) is 2. The predicted octanol–water partition coefficient (Wildman–Crippen LogP) is 4.89. The Bertz CT molecular complexity index is 901. The maximum atomic E-state index is 12.9. The Morgan fingerprint density at radius 3 is 2.35 bits per heavy atom. The van der Waals surface area contributed by atoms with Crippen molar-refractivity contribution in [2.24, 2.45) is 5.92 Å². The van der Waals surface area contributed by atoms with Gasteiger partial charge in [0.25, 0.3) is 5.91 Å². The maximum Gasteiger partial charge on any atom is 0.256 e. The molecule has 1 N–H and O–H groups in total. The molecule has 5 nitrogen and oxygen atoms in total. The van der Waals surface area contributed by atoms with Gasteiger partial charge in [-0.15, -0.1) is 11.8 Å². The van der Waals surface area contributed by atoms with E-state index in [0.717, 1.165) is 55.5 Å². The van der Waals surface area contributed by atoms with Crippen molar-refractivity contribution in [2.75, 3.05) is 42.1 Å². The summed E-state index contributed by atoms with van der Waals surface area (Å²) in [5, 5.41) is 3.01. The van der Waals surface area contributed by atoms with Gasteiger partial charge >= 0.3 is 0 Å². The molecule has 4 rings (SSSR count). The molecule has 2 aliphatic rings. The lowest BCUT2D eigenvalue weighted by Crippen LogP contribution is -2.32. The van der Waals surface area contributed by atoms with Crippen molar-refractivity contribution in [1.29, 1.82) is 0 Å². The second-order valence-corrected chi connectivity index (χ2v) is 9.56. The molecule has 0 aromatic heterocycles. The number of nitrogens with one attached hydrogen (secondary N) is 1. The Morgan fingerprint density at radius 1 is 0.968 bits per heavy atom. The monoisotopic (exact) mass is 437 g/mol. The van der Waals surface area contributed by atoms with Crippen molar-refractivity contribution >= 4 is 35.0 Å². The van der Waals surface area contributed by atoms with Crippen molar-refractivity contribution in [3.05, 3.63) is 54.1 Å².